The molecule has 0 saturated heterocycles. The van der Waals surface area contributed by atoms with Gasteiger partial charge in [-0.05, 0) is 76.9 Å². The summed E-state index contributed by atoms with van der Waals surface area (Å²) in [6, 6.07) is 67.4. The summed E-state index contributed by atoms with van der Waals surface area (Å²) in [5, 5.41) is 4.48. The molecule has 0 fully saturated rings. The molecule has 3 heterocycles. The smallest absolute Gasteiger partial charge is 0.164 e. The lowest BCUT2D eigenvalue weighted by Gasteiger charge is -2.11. The predicted octanol–water partition coefficient (Wildman–Crippen LogP) is 13.2. The van der Waals surface area contributed by atoms with Crippen molar-refractivity contribution in [1.29, 1.82) is 0 Å². The Morgan fingerprint density at radius 3 is 1.70 bits per heavy atom. The number of furan rings is 1. The van der Waals surface area contributed by atoms with E-state index in [2.05, 4.69) is 162 Å². The monoisotopic (exact) mass is 716 g/mol. The highest BCUT2D eigenvalue weighted by molar-refractivity contribution is 6.14. The minimum atomic E-state index is 0.623. The van der Waals surface area contributed by atoms with E-state index in [1.807, 2.05) is 36.4 Å². The SMILES string of the molecule is c1ccc(-c2cccc(-c3nc(-c4ccccc4)nc(-c4ccc5c(c4)c4ccccc4n5-c4ccc5oc6cccc(-c7ccccc7)c6c5c4)n3)c2)cc1. The lowest BCUT2D eigenvalue weighted by Crippen LogP contribution is -2.00. The second-order valence-electron chi connectivity index (χ2n) is 14.0. The standard InChI is InChI=1S/C51H32N4O/c1-4-14-33(15-5-1)36-20-12-21-37(30-36)50-52-49(35-18-8-3-9-19-35)53-51(54-50)38-26-28-45-42(31-38)41-22-10-11-24-44(41)55(45)39-27-29-46-43(32-39)48-40(23-13-25-47(48)56-46)34-16-6-2-7-17-34/h1-32H. The minimum Gasteiger partial charge on any atom is -0.456 e. The largest absolute Gasteiger partial charge is 0.456 e. The lowest BCUT2D eigenvalue weighted by molar-refractivity contribution is 0.669. The zero-order valence-corrected chi connectivity index (χ0v) is 30.2. The number of fused-ring (bicyclic) bond motifs is 6. The molecule has 0 unspecified atom stereocenters. The van der Waals surface area contributed by atoms with Crippen molar-refractivity contribution in [1.82, 2.24) is 19.5 Å². The molecule has 0 aliphatic rings. The predicted molar refractivity (Wildman–Crippen MR) is 229 cm³/mol. The summed E-state index contributed by atoms with van der Waals surface area (Å²) in [6.07, 6.45) is 0. The van der Waals surface area contributed by atoms with Crippen LogP contribution in [-0.2, 0) is 0 Å². The number of nitrogens with zero attached hydrogens (tertiary/aromatic N) is 4. The van der Waals surface area contributed by atoms with Crippen molar-refractivity contribution in [2.45, 2.75) is 0 Å². The van der Waals surface area contributed by atoms with Crippen LogP contribution in [0.3, 0.4) is 0 Å². The first kappa shape index (κ1) is 31.9. The molecule has 0 radical (unpaired) electrons. The fourth-order valence-electron chi connectivity index (χ4n) is 8.02. The molecule has 262 valence electrons. The first-order chi connectivity index (χ1) is 27.7. The summed E-state index contributed by atoms with van der Waals surface area (Å²) in [5.74, 6) is 1.89. The summed E-state index contributed by atoms with van der Waals surface area (Å²) in [6.45, 7) is 0. The van der Waals surface area contributed by atoms with Crippen LogP contribution in [0.15, 0.2) is 199 Å². The summed E-state index contributed by atoms with van der Waals surface area (Å²) >= 11 is 0. The highest BCUT2D eigenvalue weighted by Gasteiger charge is 2.19. The van der Waals surface area contributed by atoms with Crippen molar-refractivity contribution < 1.29 is 4.42 Å². The lowest BCUT2D eigenvalue weighted by atomic mass is 9.99. The normalized spacial score (nSPS) is 11.6. The van der Waals surface area contributed by atoms with Gasteiger partial charge in [0.25, 0.3) is 0 Å². The Kier molecular flexibility index (Phi) is 7.42. The topological polar surface area (TPSA) is 56.7 Å². The van der Waals surface area contributed by atoms with Gasteiger partial charge in [0.2, 0.25) is 0 Å². The molecule has 11 rings (SSSR count). The van der Waals surface area contributed by atoms with Gasteiger partial charge in [0.05, 0.1) is 11.0 Å². The van der Waals surface area contributed by atoms with Crippen LogP contribution in [0.2, 0.25) is 0 Å². The molecular weight excluding hydrogens is 685 g/mol. The molecule has 8 aromatic carbocycles. The Morgan fingerprint density at radius 2 is 0.929 bits per heavy atom. The average molecular weight is 717 g/mol. The van der Waals surface area contributed by atoms with Crippen LogP contribution in [0.4, 0.5) is 0 Å². The van der Waals surface area contributed by atoms with E-state index in [-0.39, 0.29) is 0 Å². The van der Waals surface area contributed by atoms with Crippen molar-refractivity contribution >= 4 is 43.7 Å². The first-order valence-electron chi connectivity index (χ1n) is 18.8. The van der Waals surface area contributed by atoms with Gasteiger partial charge in [0.1, 0.15) is 11.2 Å². The van der Waals surface area contributed by atoms with Gasteiger partial charge in [-0.2, -0.15) is 0 Å². The number of aromatic nitrogens is 4. The summed E-state index contributed by atoms with van der Waals surface area (Å²) in [4.78, 5) is 15.2. The molecule has 5 nitrogen and oxygen atoms in total. The first-order valence-corrected chi connectivity index (χ1v) is 18.8. The fourth-order valence-corrected chi connectivity index (χ4v) is 8.02. The van der Waals surface area contributed by atoms with Crippen LogP contribution >= 0.6 is 0 Å². The molecule has 0 N–H and O–H groups in total. The molecule has 11 aromatic rings. The van der Waals surface area contributed by atoms with E-state index in [4.69, 9.17) is 19.4 Å². The van der Waals surface area contributed by atoms with Crippen LogP contribution in [0, 0.1) is 0 Å². The van der Waals surface area contributed by atoms with Gasteiger partial charge in [-0.1, -0.05) is 140 Å². The molecule has 0 spiro atoms. The maximum atomic E-state index is 6.41. The van der Waals surface area contributed by atoms with Crippen molar-refractivity contribution in [2.24, 2.45) is 0 Å². The number of benzene rings is 8. The molecule has 0 aliphatic heterocycles. The molecule has 3 aromatic heterocycles. The van der Waals surface area contributed by atoms with Crippen LogP contribution < -0.4 is 0 Å². The molecule has 0 bridgehead atoms. The Balaban J connectivity index is 1.08. The van der Waals surface area contributed by atoms with E-state index < -0.39 is 0 Å². The van der Waals surface area contributed by atoms with E-state index in [1.165, 1.54) is 0 Å². The maximum Gasteiger partial charge on any atom is 0.164 e. The molecule has 0 atom stereocenters. The Morgan fingerprint density at radius 1 is 0.339 bits per heavy atom. The highest BCUT2D eigenvalue weighted by Crippen LogP contribution is 2.40. The number of para-hydroxylation sites is 1. The van der Waals surface area contributed by atoms with Gasteiger partial charge in [-0.15, -0.1) is 0 Å². The van der Waals surface area contributed by atoms with Crippen LogP contribution in [0.1, 0.15) is 0 Å². The second-order valence-corrected chi connectivity index (χ2v) is 14.0. The third-order valence-corrected chi connectivity index (χ3v) is 10.6. The summed E-state index contributed by atoms with van der Waals surface area (Å²) < 4.78 is 8.76. The van der Waals surface area contributed by atoms with Gasteiger partial charge < -0.3 is 8.98 Å². The van der Waals surface area contributed by atoms with Crippen molar-refractivity contribution in [3.63, 3.8) is 0 Å². The molecular formula is C51H32N4O. The molecule has 0 saturated carbocycles. The Hall–Kier alpha value is -7.63. The van der Waals surface area contributed by atoms with Crippen molar-refractivity contribution in [3.8, 4) is 62.1 Å². The third-order valence-electron chi connectivity index (χ3n) is 10.6. The molecule has 56 heavy (non-hydrogen) atoms. The number of hydrogen-bond acceptors (Lipinski definition) is 4. The molecule has 5 heteroatoms. The zero-order valence-electron chi connectivity index (χ0n) is 30.2. The zero-order chi connectivity index (χ0) is 37.0. The fraction of sp³-hybridized carbons (Fsp3) is 0. The number of rotatable bonds is 6. The average Bonchev–Trinajstić information content (AvgIpc) is 3.82. The van der Waals surface area contributed by atoms with E-state index >= 15 is 0 Å². The van der Waals surface area contributed by atoms with Gasteiger partial charge in [0.15, 0.2) is 17.5 Å². The Bertz CT molecular complexity index is 3240. The van der Waals surface area contributed by atoms with Gasteiger partial charge >= 0.3 is 0 Å². The summed E-state index contributed by atoms with van der Waals surface area (Å²) in [7, 11) is 0. The van der Waals surface area contributed by atoms with Gasteiger partial charge in [-0.3, -0.25) is 0 Å². The van der Waals surface area contributed by atoms with Crippen molar-refractivity contribution in [2.75, 3.05) is 0 Å². The molecule has 0 aliphatic carbocycles. The van der Waals surface area contributed by atoms with Gasteiger partial charge in [-0.25, -0.2) is 15.0 Å². The number of hydrogen-bond donors (Lipinski definition) is 0. The van der Waals surface area contributed by atoms with Crippen molar-refractivity contribution in [3.05, 3.63) is 194 Å². The van der Waals surface area contributed by atoms with E-state index in [0.29, 0.717) is 17.5 Å². The third kappa shape index (κ3) is 5.37. The molecule has 0 amide bonds. The Labute approximate surface area is 322 Å². The van der Waals surface area contributed by atoms with E-state index in [1.54, 1.807) is 0 Å². The summed E-state index contributed by atoms with van der Waals surface area (Å²) in [5.41, 5.74) is 12.4. The quantitative estimate of drug-likeness (QED) is 0.172. The highest BCUT2D eigenvalue weighted by atomic mass is 16.3. The van der Waals surface area contributed by atoms with Crippen LogP contribution in [0.25, 0.3) is 106 Å². The van der Waals surface area contributed by atoms with E-state index in [0.717, 1.165) is 88.4 Å². The van der Waals surface area contributed by atoms with Crippen LogP contribution in [0.5, 0.6) is 0 Å². The van der Waals surface area contributed by atoms with Gasteiger partial charge in [0, 0.05) is 43.9 Å². The maximum absolute atomic E-state index is 6.41. The minimum absolute atomic E-state index is 0.623. The van der Waals surface area contributed by atoms with E-state index in [9.17, 15) is 0 Å². The second kappa shape index (κ2) is 13.0. The van der Waals surface area contributed by atoms with Crippen LogP contribution in [-0.4, -0.2) is 19.5 Å².